The third-order valence-corrected chi connectivity index (χ3v) is 14.5. The highest BCUT2D eigenvalue weighted by Crippen LogP contribution is 2.42. The first kappa shape index (κ1) is 49.6. The van der Waals surface area contributed by atoms with Crippen LogP contribution in [0.25, 0.3) is 27.6 Å². The maximum Gasteiger partial charge on any atom is 0.324 e. The molecular formula is C54H69N7O8. The van der Waals surface area contributed by atoms with Crippen molar-refractivity contribution < 1.29 is 38.2 Å². The molecule has 7 atom stereocenters. The fourth-order valence-corrected chi connectivity index (χ4v) is 10.9. The van der Waals surface area contributed by atoms with Gasteiger partial charge in [0, 0.05) is 81.5 Å². The summed E-state index contributed by atoms with van der Waals surface area (Å²) >= 11 is 0. The molecule has 0 aliphatic carbocycles. The number of nitrogens with one attached hydrogen (secondary N) is 2. The van der Waals surface area contributed by atoms with Crippen molar-refractivity contribution in [2.24, 2.45) is 22.2 Å². The Balaban J connectivity index is 1.18. The van der Waals surface area contributed by atoms with Gasteiger partial charge in [-0.3, -0.25) is 34.0 Å². The average Bonchev–Trinajstić information content (AvgIpc) is 4.13. The molecule has 5 aliphatic heterocycles. The van der Waals surface area contributed by atoms with Gasteiger partial charge >= 0.3 is 5.97 Å². The van der Waals surface area contributed by atoms with Crippen molar-refractivity contribution in [1.82, 2.24) is 30.1 Å². The highest BCUT2D eigenvalue weighted by molar-refractivity contribution is 5.97. The topological polar surface area (TPSA) is 164 Å². The minimum Gasteiger partial charge on any atom is -0.464 e. The van der Waals surface area contributed by atoms with Crippen LogP contribution in [0.5, 0.6) is 0 Å². The molecule has 2 N–H and O–H groups in total. The minimum absolute atomic E-state index is 0.130. The molecular weight excluding hydrogens is 875 g/mol. The minimum atomic E-state index is -1.08. The van der Waals surface area contributed by atoms with Crippen LogP contribution in [0.4, 0.5) is 0 Å². The molecule has 368 valence electrons. The SMILES string of the molecule is CC#CC(=O)N1CC[C@H](C(=O)N(C)C(C(=O)N[C@H]2Cc3cccc(c3)-c3ccc4c(c3)c(c(C3=C([C@H](C)OC)N=CC(C)C3)n4CC)CC(C)(C)COC(=O)[C@@H]3CCCN(N3)C2=O)C2CCCO2)C1. The summed E-state index contributed by atoms with van der Waals surface area (Å²) in [4.78, 5) is 78.4. The van der Waals surface area contributed by atoms with Gasteiger partial charge in [-0.05, 0) is 112 Å². The Morgan fingerprint density at radius 2 is 1.86 bits per heavy atom. The Bertz CT molecular complexity index is 2600. The summed E-state index contributed by atoms with van der Waals surface area (Å²) in [6.45, 7) is 14.5. The largest absolute Gasteiger partial charge is 0.464 e. The van der Waals surface area contributed by atoms with E-state index in [9.17, 15) is 24.0 Å². The van der Waals surface area contributed by atoms with Crippen LogP contribution >= 0.6 is 0 Å². The molecule has 1 aromatic heterocycles. The fraction of sp³-hybridized carbons (Fsp3) is 0.556. The first-order chi connectivity index (χ1) is 33.1. The van der Waals surface area contributed by atoms with Crippen molar-refractivity contribution in [3.05, 3.63) is 65.0 Å². The zero-order valence-corrected chi connectivity index (χ0v) is 41.6. The van der Waals surface area contributed by atoms with Crippen molar-refractivity contribution in [3.63, 3.8) is 0 Å². The lowest BCUT2D eigenvalue weighted by molar-refractivity contribution is -0.155. The van der Waals surface area contributed by atoms with E-state index in [0.717, 1.165) is 69.5 Å². The number of allylic oxidation sites excluding steroid dienone is 1. The van der Waals surface area contributed by atoms with Gasteiger partial charge in [0.15, 0.2) is 0 Å². The van der Waals surface area contributed by atoms with E-state index >= 15 is 0 Å². The number of hydrogen-bond donors (Lipinski definition) is 2. The van der Waals surface area contributed by atoms with Gasteiger partial charge < -0.3 is 33.9 Å². The smallest absolute Gasteiger partial charge is 0.324 e. The van der Waals surface area contributed by atoms with Gasteiger partial charge in [0.05, 0.1) is 36.1 Å². The highest BCUT2D eigenvalue weighted by atomic mass is 16.5. The average molecular weight is 944 g/mol. The summed E-state index contributed by atoms with van der Waals surface area (Å²) in [5, 5.41) is 5.63. The molecule has 0 saturated carbocycles. The molecule has 8 rings (SSSR count). The van der Waals surface area contributed by atoms with E-state index in [2.05, 4.69) is 85.2 Å². The molecule has 3 unspecified atom stereocenters. The van der Waals surface area contributed by atoms with E-state index in [1.54, 1.807) is 26.0 Å². The molecule has 3 aromatic rings. The maximum absolute atomic E-state index is 14.9. The van der Waals surface area contributed by atoms with Crippen LogP contribution in [0.1, 0.15) is 96.9 Å². The number of likely N-dealkylation sites (N-methyl/N-ethyl adjacent to an activating group) is 1. The number of likely N-dealkylation sites (tertiary alicyclic amines) is 1. The van der Waals surface area contributed by atoms with Crippen LogP contribution in [0.15, 0.2) is 53.2 Å². The lowest BCUT2D eigenvalue weighted by Crippen LogP contribution is -2.63. The highest BCUT2D eigenvalue weighted by Gasteiger charge is 2.43. The number of nitrogens with zero attached hydrogens (tertiary/aromatic N) is 5. The van der Waals surface area contributed by atoms with Gasteiger partial charge in [-0.15, -0.1) is 0 Å². The number of cyclic esters (lactones) is 1. The Hall–Kier alpha value is -5.82. The van der Waals surface area contributed by atoms with Gasteiger partial charge in [0.25, 0.3) is 11.8 Å². The molecule has 3 saturated heterocycles. The van der Waals surface area contributed by atoms with E-state index in [1.807, 2.05) is 25.3 Å². The normalized spacial score (nSPS) is 24.8. The zero-order chi connectivity index (χ0) is 49.1. The Labute approximate surface area is 406 Å². The lowest BCUT2D eigenvalue weighted by atomic mass is 9.82. The summed E-state index contributed by atoms with van der Waals surface area (Å²) in [6, 6.07) is 11.7. The van der Waals surface area contributed by atoms with Crippen LogP contribution in [0.2, 0.25) is 0 Å². The zero-order valence-electron chi connectivity index (χ0n) is 41.6. The van der Waals surface area contributed by atoms with Crippen LogP contribution in [0, 0.1) is 29.1 Å². The number of benzene rings is 2. The quantitative estimate of drug-likeness (QED) is 0.202. The molecule has 5 aliphatic rings. The Morgan fingerprint density at radius 1 is 1.06 bits per heavy atom. The first-order valence-electron chi connectivity index (χ1n) is 24.8. The number of hydrogen-bond acceptors (Lipinski definition) is 10. The molecule has 0 radical (unpaired) electrons. The Morgan fingerprint density at radius 3 is 2.59 bits per heavy atom. The van der Waals surface area contributed by atoms with Crippen molar-refractivity contribution in [3.8, 4) is 23.0 Å². The Kier molecular flexibility index (Phi) is 15.1. The number of methoxy groups -OCH3 is 1. The molecule has 15 nitrogen and oxygen atoms in total. The number of amides is 4. The number of carbonyl (C=O) groups is 5. The maximum atomic E-state index is 14.9. The monoisotopic (exact) mass is 944 g/mol. The molecule has 15 heteroatoms. The number of rotatable bonds is 9. The van der Waals surface area contributed by atoms with Crippen LogP contribution in [0.3, 0.4) is 0 Å². The molecule has 4 amide bonds. The molecule has 2 aromatic carbocycles. The van der Waals surface area contributed by atoms with Crippen LogP contribution in [-0.2, 0) is 57.6 Å². The number of ether oxygens (including phenoxy) is 3. The third kappa shape index (κ3) is 10.5. The van der Waals surface area contributed by atoms with E-state index in [-0.39, 0.29) is 43.4 Å². The van der Waals surface area contributed by atoms with Crippen molar-refractivity contribution in [2.75, 3.05) is 47.0 Å². The standard InChI is InChI=1S/C54H69N7O8/c1-9-14-46(62)59-23-21-38(31-59)51(64)58(7)49(45-18-13-24-68-45)50(63)56-43-27-35-15-11-16-36(26-35)37-19-20-44-39(28-37)41(48(60(44)10-2)40-25-33(3)30-55-47(40)34(4)67-8)29-54(5,6)32-69-53(66)42-17-12-22-61(57-42)52(43)65/h11,15-16,19-20,26,28,30,33-34,38,42-43,45,49,57H,10,12-13,17-18,21-25,27,29,31-32H2,1-8H3,(H,56,63)/t33?,34-,38-,42-,43-,45?,49?/m0/s1. The molecule has 6 bridgehead atoms. The predicted molar refractivity (Wildman–Crippen MR) is 264 cm³/mol. The van der Waals surface area contributed by atoms with Gasteiger partial charge in [-0.25, -0.2) is 5.43 Å². The second kappa shape index (κ2) is 21.0. The second-order valence-corrected chi connectivity index (χ2v) is 20.3. The second-order valence-electron chi connectivity index (χ2n) is 20.3. The number of fused-ring (bicyclic) bond motifs is 6. The van der Waals surface area contributed by atoms with Crippen molar-refractivity contribution in [2.45, 2.75) is 130 Å². The van der Waals surface area contributed by atoms with Crippen LogP contribution < -0.4 is 10.7 Å². The number of carbonyl (C=O) groups excluding carboxylic acids is 5. The van der Waals surface area contributed by atoms with E-state index < -0.39 is 53.3 Å². The van der Waals surface area contributed by atoms with Crippen molar-refractivity contribution in [1.29, 1.82) is 0 Å². The molecule has 3 fully saturated rings. The van der Waals surface area contributed by atoms with E-state index in [1.165, 1.54) is 9.91 Å². The summed E-state index contributed by atoms with van der Waals surface area (Å²) < 4.78 is 20.5. The first-order valence-corrected chi connectivity index (χ1v) is 24.8. The van der Waals surface area contributed by atoms with Gasteiger partial charge in [0.1, 0.15) is 18.1 Å². The summed E-state index contributed by atoms with van der Waals surface area (Å²) in [7, 11) is 3.32. The number of aryl methyl sites for hydroxylation is 1. The van der Waals surface area contributed by atoms with Gasteiger partial charge in [0.2, 0.25) is 11.8 Å². The van der Waals surface area contributed by atoms with E-state index in [0.29, 0.717) is 51.8 Å². The summed E-state index contributed by atoms with van der Waals surface area (Å²) in [5.74, 6) is 2.92. The number of aromatic nitrogens is 1. The summed E-state index contributed by atoms with van der Waals surface area (Å²) in [5.41, 5.74) is 10.9. The summed E-state index contributed by atoms with van der Waals surface area (Å²) in [6.07, 6.45) is 5.47. The fourth-order valence-electron chi connectivity index (χ4n) is 10.9. The predicted octanol–water partition coefficient (Wildman–Crippen LogP) is 5.71. The van der Waals surface area contributed by atoms with Crippen LogP contribution in [-0.4, -0.2) is 133 Å². The third-order valence-electron chi connectivity index (χ3n) is 14.5. The van der Waals surface area contributed by atoms with E-state index in [4.69, 9.17) is 19.2 Å². The number of hydrazine groups is 1. The lowest BCUT2D eigenvalue weighted by Gasteiger charge is -2.37. The number of aliphatic imine (C=N–C) groups is 1. The van der Waals surface area contributed by atoms with Gasteiger partial charge in [-0.1, -0.05) is 57.0 Å². The number of esters is 1. The van der Waals surface area contributed by atoms with Crippen molar-refractivity contribution >= 4 is 52.3 Å². The van der Waals surface area contributed by atoms with Gasteiger partial charge in [-0.2, -0.15) is 0 Å². The molecule has 0 spiro atoms. The molecule has 69 heavy (non-hydrogen) atoms. The molecule has 6 heterocycles.